The third-order valence-electron chi connectivity index (χ3n) is 9.06. The second-order valence-electron chi connectivity index (χ2n) is 10.1. The molecule has 0 amide bonds. The van der Waals surface area contributed by atoms with E-state index < -0.39 is 34.6 Å². The third-order valence-corrected chi connectivity index (χ3v) is 9.06. The molecule has 0 saturated heterocycles. The van der Waals surface area contributed by atoms with E-state index >= 15 is 0 Å². The fourth-order valence-electron chi connectivity index (χ4n) is 7.69. The Bertz CT molecular complexity index is 597. The molecule has 0 aromatic rings. The van der Waals surface area contributed by atoms with Gasteiger partial charge in [0.2, 0.25) is 0 Å². The van der Waals surface area contributed by atoms with Gasteiger partial charge in [-0.3, -0.25) is 9.59 Å². The van der Waals surface area contributed by atoms with Crippen molar-refractivity contribution >= 4 is 11.9 Å². The number of carbonyl (C=O) groups is 2. The van der Waals surface area contributed by atoms with Crippen LogP contribution in [-0.2, 0) is 9.59 Å². The highest BCUT2D eigenvalue weighted by molar-refractivity contribution is 5.81. The molecule has 6 heteroatoms. The maximum Gasteiger partial charge on any atom is 0.308 e. The molecule has 4 saturated carbocycles. The molecule has 27 heavy (non-hydrogen) atoms. The largest absolute Gasteiger partial charge is 0.481 e. The smallest absolute Gasteiger partial charge is 0.308 e. The topological polar surface area (TPSA) is 127 Å². The van der Waals surface area contributed by atoms with E-state index in [-0.39, 0.29) is 13.1 Å². The molecule has 0 bridgehead atoms. The summed E-state index contributed by atoms with van der Waals surface area (Å²) >= 11 is 0. The molecule has 0 spiro atoms. The average molecular weight is 379 g/mol. The van der Waals surface area contributed by atoms with Gasteiger partial charge >= 0.3 is 11.9 Å². The summed E-state index contributed by atoms with van der Waals surface area (Å²) < 4.78 is 0. The number of hydrogen-bond acceptors (Lipinski definition) is 4. The summed E-state index contributed by atoms with van der Waals surface area (Å²) in [6.45, 7) is 0.516. The number of rotatable bonds is 7. The minimum Gasteiger partial charge on any atom is -0.481 e. The molecule has 4 rings (SSSR count). The van der Waals surface area contributed by atoms with E-state index in [4.69, 9.17) is 11.5 Å². The van der Waals surface area contributed by atoms with Crippen molar-refractivity contribution < 1.29 is 19.8 Å². The van der Waals surface area contributed by atoms with E-state index in [9.17, 15) is 19.8 Å². The van der Waals surface area contributed by atoms with Crippen molar-refractivity contribution in [2.45, 2.75) is 57.8 Å². The highest BCUT2D eigenvalue weighted by Gasteiger charge is 2.63. The summed E-state index contributed by atoms with van der Waals surface area (Å²) in [5.41, 5.74) is 11.2. The van der Waals surface area contributed by atoms with Crippen molar-refractivity contribution in [3.8, 4) is 0 Å². The summed E-state index contributed by atoms with van der Waals surface area (Å²) in [7, 11) is 0. The standard InChI is InChI=1S/C21H34N2O4/c22-10-20(6-12-2-1-3-13(12)7-20)16(18(24)25)17(19(26)27)21(11-23)8-14-4-5-15(14)9-21/h12-17H,1-11,22-23H2,(H,24,25)(H,26,27)/t12?,13?,14-,15+,16?,17-,20?,21+/m1/s1. The van der Waals surface area contributed by atoms with Gasteiger partial charge in [0.15, 0.2) is 0 Å². The molecule has 6 nitrogen and oxygen atoms in total. The first kappa shape index (κ1) is 19.2. The van der Waals surface area contributed by atoms with Gasteiger partial charge in [-0.1, -0.05) is 19.3 Å². The van der Waals surface area contributed by atoms with Crippen molar-refractivity contribution in [2.24, 2.45) is 57.8 Å². The fraction of sp³-hybridized carbons (Fsp3) is 0.905. The lowest BCUT2D eigenvalue weighted by Crippen LogP contribution is -2.54. The SMILES string of the molecule is NCC1(C(C(=O)O)[C@H](C(=O)O)[C@@]2(CN)C[C@H]3CC[C@H]3C2)CC2CCCC2C1. The Kier molecular flexibility index (Phi) is 4.78. The first-order chi connectivity index (χ1) is 12.9. The van der Waals surface area contributed by atoms with Crippen LogP contribution in [-0.4, -0.2) is 35.2 Å². The van der Waals surface area contributed by atoms with Gasteiger partial charge in [-0.05, 0) is 86.1 Å². The van der Waals surface area contributed by atoms with E-state index in [1.54, 1.807) is 0 Å². The predicted octanol–water partition coefficient (Wildman–Crippen LogP) is 2.31. The van der Waals surface area contributed by atoms with E-state index in [0.717, 1.165) is 51.4 Å². The third kappa shape index (κ3) is 2.82. The van der Waals surface area contributed by atoms with Crippen molar-refractivity contribution in [3.05, 3.63) is 0 Å². The summed E-state index contributed by atoms with van der Waals surface area (Å²) in [4.78, 5) is 25.1. The first-order valence-electron chi connectivity index (χ1n) is 10.7. The fourth-order valence-corrected chi connectivity index (χ4v) is 7.69. The Hall–Kier alpha value is -1.14. The molecule has 0 aliphatic heterocycles. The molecule has 4 aliphatic carbocycles. The van der Waals surface area contributed by atoms with Gasteiger partial charge in [-0.2, -0.15) is 0 Å². The minimum atomic E-state index is -0.987. The molecule has 0 aromatic carbocycles. The van der Waals surface area contributed by atoms with Gasteiger partial charge in [-0.15, -0.1) is 0 Å². The van der Waals surface area contributed by atoms with Crippen LogP contribution >= 0.6 is 0 Å². The van der Waals surface area contributed by atoms with E-state index in [1.165, 1.54) is 6.42 Å². The molecule has 3 unspecified atom stereocenters. The number of nitrogens with two attached hydrogens (primary N) is 2. The normalized spacial score (nSPS) is 45.0. The molecular formula is C21H34N2O4. The predicted molar refractivity (Wildman–Crippen MR) is 101 cm³/mol. The Morgan fingerprint density at radius 2 is 1.07 bits per heavy atom. The lowest BCUT2D eigenvalue weighted by Gasteiger charge is -2.45. The van der Waals surface area contributed by atoms with Gasteiger partial charge in [0.25, 0.3) is 0 Å². The van der Waals surface area contributed by atoms with Crippen LogP contribution in [0.4, 0.5) is 0 Å². The molecular weight excluding hydrogens is 344 g/mol. The molecule has 0 heterocycles. The van der Waals surface area contributed by atoms with Crippen molar-refractivity contribution in [1.82, 2.24) is 0 Å². The summed E-state index contributed by atoms with van der Waals surface area (Å²) in [6.07, 6.45) is 8.78. The Labute approximate surface area is 161 Å². The monoisotopic (exact) mass is 378 g/mol. The van der Waals surface area contributed by atoms with Crippen LogP contribution < -0.4 is 11.5 Å². The van der Waals surface area contributed by atoms with Crippen LogP contribution in [0.3, 0.4) is 0 Å². The van der Waals surface area contributed by atoms with E-state index in [2.05, 4.69) is 0 Å². The van der Waals surface area contributed by atoms with Crippen LogP contribution in [0.15, 0.2) is 0 Å². The van der Waals surface area contributed by atoms with Gasteiger partial charge in [0.05, 0.1) is 11.8 Å². The molecule has 4 aliphatic rings. The number of aliphatic carboxylic acids is 2. The van der Waals surface area contributed by atoms with Crippen LogP contribution in [0.25, 0.3) is 0 Å². The van der Waals surface area contributed by atoms with Crippen LogP contribution in [0, 0.1) is 46.3 Å². The number of fused-ring (bicyclic) bond motifs is 2. The summed E-state index contributed by atoms with van der Waals surface area (Å²) in [6, 6.07) is 0. The highest BCUT2D eigenvalue weighted by atomic mass is 16.4. The number of carboxylic acids is 2. The van der Waals surface area contributed by atoms with E-state index in [1.807, 2.05) is 0 Å². The zero-order chi connectivity index (χ0) is 19.4. The zero-order valence-corrected chi connectivity index (χ0v) is 16.1. The lowest BCUT2D eigenvalue weighted by atomic mass is 9.58. The minimum absolute atomic E-state index is 0.258. The summed E-state index contributed by atoms with van der Waals surface area (Å²) in [5, 5.41) is 20.5. The Balaban J connectivity index is 1.72. The van der Waals surface area contributed by atoms with Crippen molar-refractivity contribution in [3.63, 3.8) is 0 Å². The van der Waals surface area contributed by atoms with Gasteiger partial charge in [0.1, 0.15) is 0 Å². The first-order valence-corrected chi connectivity index (χ1v) is 10.7. The maximum absolute atomic E-state index is 12.6. The lowest BCUT2D eigenvalue weighted by molar-refractivity contribution is -0.167. The average Bonchev–Trinajstić information content (AvgIpc) is 3.24. The Morgan fingerprint density at radius 1 is 0.741 bits per heavy atom. The van der Waals surface area contributed by atoms with Gasteiger partial charge < -0.3 is 21.7 Å². The molecule has 6 N–H and O–H groups in total. The van der Waals surface area contributed by atoms with Crippen LogP contribution in [0.2, 0.25) is 0 Å². The summed E-state index contributed by atoms with van der Waals surface area (Å²) in [5.74, 6) is -1.77. The van der Waals surface area contributed by atoms with Crippen molar-refractivity contribution in [2.75, 3.05) is 13.1 Å². The molecule has 4 fully saturated rings. The molecule has 0 aromatic heterocycles. The maximum atomic E-state index is 12.6. The van der Waals surface area contributed by atoms with Crippen LogP contribution in [0.5, 0.6) is 0 Å². The zero-order valence-electron chi connectivity index (χ0n) is 16.1. The number of hydrogen-bond donors (Lipinski definition) is 4. The van der Waals surface area contributed by atoms with Crippen LogP contribution in [0.1, 0.15) is 57.8 Å². The second-order valence-corrected chi connectivity index (χ2v) is 10.1. The van der Waals surface area contributed by atoms with E-state index in [0.29, 0.717) is 23.7 Å². The molecule has 7 atom stereocenters. The van der Waals surface area contributed by atoms with Gasteiger partial charge in [0, 0.05) is 0 Å². The molecule has 0 radical (unpaired) electrons. The number of carboxylic acid groups (broad SMARTS) is 2. The quantitative estimate of drug-likeness (QED) is 0.538. The highest BCUT2D eigenvalue weighted by Crippen LogP contribution is 2.63. The van der Waals surface area contributed by atoms with Gasteiger partial charge in [-0.25, -0.2) is 0 Å². The second kappa shape index (κ2) is 6.73. The molecule has 152 valence electrons. The van der Waals surface area contributed by atoms with Crippen molar-refractivity contribution in [1.29, 1.82) is 0 Å². The Morgan fingerprint density at radius 3 is 1.33 bits per heavy atom.